The highest BCUT2D eigenvalue weighted by Crippen LogP contribution is 2.25. The number of benzene rings is 1. The van der Waals surface area contributed by atoms with Crippen LogP contribution in [0.15, 0.2) is 36.5 Å². The lowest BCUT2D eigenvalue weighted by atomic mass is 10.1. The third kappa shape index (κ3) is 4.32. The summed E-state index contributed by atoms with van der Waals surface area (Å²) in [7, 11) is 3.26. The third-order valence-corrected chi connectivity index (χ3v) is 3.28. The number of hydrogen-bond acceptors (Lipinski definition) is 4. The van der Waals surface area contributed by atoms with Crippen LogP contribution in [-0.4, -0.2) is 25.2 Å². The van der Waals surface area contributed by atoms with Crippen molar-refractivity contribution >= 4 is 17.5 Å². The molecule has 2 rings (SSSR count). The molecule has 0 saturated carbocycles. The van der Waals surface area contributed by atoms with Gasteiger partial charge in [-0.1, -0.05) is 0 Å². The SMILES string of the molecule is CNc1ccc(NC(=O)N[C@H](C)c2cc(F)ccc2OC)cn1. The number of amides is 2. The zero-order chi connectivity index (χ0) is 16.8. The highest BCUT2D eigenvalue weighted by molar-refractivity contribution is 5.89. The molecule has 0 fully saturated rings. The lowest BCUT2D eigenvalue weighted by molar-refractivity contribution is 0.249. The van der Waals surface area contributed by atoms with Crippen molar-refractivity contribution in [3.63, 3.8) is 0 Å². The van der Waals surface area contributed by atoms with E-state index in [0.29, 0.717) is 22.8 Å². The van der Waals surface area contributed by atoms with Crippen molar-refractivity contribution in [2.45, 2.75) is 13.0 Å². The maximum atomic E-state index is 13.4. The molecule has 2 amide bonds. The van der Waals surface area contributed by atoms with Gasteiger partial charge in [-0.2, -0.15) is 0 Å². The van der Waals surface area contributed by atoms with E-state index in [1.807, 2.05) is 0 Å². The summed E-state index contributed by atoms with van der Waals surface area (Å²) < 4.78 is 18.6. The Kier molecular flexibility index (Phi) is 5.35. The predicted molar refractivity (Wildman–Crippen MR) is 87.3 cm³/mol. The van der Waals surface area contributed by atoms with Crippen LogP contribution in [0, 0.1) is 5.82 Å². The molecule has 1 aromatic heterocycles. The minimum atomic E-state index is -0.426. The van der Waals surface area contributed by atoms with Gasteiger partial charge in [0.2, 0.25) is 0 Å². The van der Waals surface area contributed by atoms with Crippen molar-refractivity contribution in [1.82, 2.24) is 10.3 Å². The molecule has 1 heterocycles. The molecule has 6 nitrogen and oxygen atoms in total. The van der Waals surface area contributed by atoms with Gasteiger partial charge in [0, 0.05) is 12.6 Å². The fourth-order valence-corrected chi connectivity index (χ4v) is 2.10. The quantitative estimate of drug-likeness (QED) is 0.791. The first-order valence-corrected chi connectivity index (χ1v) is 7.08. The largest absolute Gasteiger partial charge is 0.496 e. The van der Waals surface area contributed by atoms with E-state index in [-0.39, 0.29) is 5.82 Å². The predicted octanol–water partition coefficient (Wildman–Crippen LogP) is 3.15. The number of urea groups is 1. The molecule has 0 aliphatic carbocycles. The Morgan fingerprint density at radius 2 is 2.09 bits per heavy atom. The average molecular weight is 318 g/mol. The van der Waals surface area contributed by atoms with E-state index in [1.54, 1.807) is 32.3 Å². The number of carbonyl (C=O) groups excluding carboxylic acids is 1. The van der Waals surface area contributed by atoms with Gasteiger partial charge in [0.1, 0.15) is 17.4 Å². The van der Waals surface area contributed by atoms with Crippen LogP contribution in [0.3, 0.4) is 0 Å². The summed E-state index contributed by atoms with van der Waals surface area (Å²) in [4.78, 5) is 16.1. The highest BCUT2D eigenvalue weighted by Gasteiger charge is 2.15. The number of aromatic nitrogens is 1. The number of hydrogen-bond donors (Lipinski definition) is 3. The first-order chi connectivity index (χ1) is 11.0. The number of nitrogens with zero attached hydrogens (tertiary/aromatic N) is 1. The van der Waals surface area contributed by atoms with Gasteiger partial charge in [-0.25, -0.2) is 14.2 Å². The van der Waals surface area contributed by atoms with Crippen LogP contribution in [0.1, 0.15) is 18.5 Å². The second-order valence-electron chi connectivity index (χ2n) is 4.89. The topological polar surface area (TPSA) is 75.3 Å². The molecule has 23 heavy (non-hydrogen) atoms. The van der Waals surface area contributed by atoms with Crippen molar-refractivity contribution in [1.29, 1.82) is 0 Å². The van der Waals surface area contributed by atoms with Gasteiger partial charge in [-0.15, -0.1) is 0 Å². The van der Waals surface area contributed by atoms with Crippen LogP contribution in [0.2, 0.25) is 0 Å². The molecule has 3 N–H and O–H groups in total. The second-order valence-corrected chi connectivity index (χ2v) is 4.89. The Morgan fingerprint density at radius 1 is 1.30 bits per heavy atom. The molecule has 0 saturated heterocycles. The van der Waals surface area contributed by atoms with E-state index in [0.717, 1.165) is 0 Å². The summed E-state index contributed by atoms with van der Waals surface area (Å²) in [6.45, 7) is 1.75. The van der Waals surface area contributed by atoms with E-state index in [1.165, 1.54) is 25.3 Å². The lowest BCUT2D eigenvalue weighted by Crippen LogP contribution is -2.31. The van der Waals surface area contributed by atoms with Crippen LogP contribution >= 0.6 is 0 Å². The minimum absolute atomic E-state index is 0.387. The van der Waals surface area contributed by atoms with E-state index < -0.39 is 12.1 Å². The number of ether oxygens (including phenoxy) is 1. The number of rotatable bonds is 5. The average Bonchev–Trinajstić information content (AvgIpc) is 2.55. The normalized spacial score (nSPS) is 11.5. The second kappa shape index (κ2) is 7.44. The van der Waals surface area contributed by atoms with Crippen molar-refractivity contribution in [3.05, 3.63) is 47.9 Å². The van der Waals surface area contributed by atoms with Gasteiger partial charge in [-0.05, 0) is 37.3 Å². The van der Waals surface area contributed by atoms with E-state index >= 15 is 0 Å². The number of pyridine rings is 1. The fourth-order valence-electron chi connectivity index (χ4n) is 2.10. The summed E-state index contributed by atoms with van der Waals surface area (Å²) in [6, 6.07) is 6.81. The lowest BCUT2D eigenvalue weighted by Gasteiger charge is -2.18. The molecule has 0 bridgehead atoms. The molecule has 0 spiro atoms. The monoisotopic (exact) mass is 318 g/mol. The molecule has 1 aromatic carbocycles. The van der Waals surface area contributed by atoms with Gasteiger partial charge in [0.15, 0.2) is 0 Å². The summed E-state index contributed by atoms with van der Waals surface area (Å²) in [6.07, 6.45) is 1.54. The molecule has 7 heteroatoms. The maximum absolute atomic E-state index is 13.4. The van der Waals surface area contributed by atoms with Gasteiger partial charge < -0.3 is 20.7 Å². The Bertz CT molecular complexity index is 676. The Hall–Kier alpha value is -2.83. The molecular weight excluding hydrogens is 299 g/mol. The molecular formula is C16H19FN4O2. The van der Waals surface area contributed by atoms with E-state index in [2.05, 4.69) is 20.9 Å². The number of nitrogens with one attached hydrogen (secondary N) is 3. The van der Waals surface area contributed by atoms with Gasteiger partial charge in [-0.3, -0.25) is 0 Å². The van der Waals surface area contributed by atoms with Crippen molar-refractivity contribution in [3.8, 4) is 5.75 Å². The maximum Gasteiger partial charge on any atom is 0.319 e. The highest BCUT2D eigenvalue weighted by atomic mass is 19.1. The van der Waals surface area contributed by atoms with Crippen molar-refractivity contribution in [2.75, 3.05) is 24.8 Å². The molecule has 2 aromatic rings. The van der Waals surface area contributed by atoms with Crippen LogP contribution in [-0.2, 0) is 0 Å². The smallest absolute Gasteiger partial charge is 0.319 e. The van der Waals surface area contributed by atoms with E-state index in [4.69, 9.17) is 4.74 Å². The standard InChI is InChI=1S/C16H19FN4O2/c1-10(13-8-11(17)4-6-14(13)23-3)20-16(22)21-12-5-7-15(18-2)19-9-12/h4-10H,1-3H3,(H,18,19)(H2,20,21,22)/t10-/m1/s1. The Morgan fingerprint density at radius 3 is 2.70 bits per heavy atom. The van der Waals surface area contributed by atoms with Gasteiger partial charge in [0.05, 0.1) is 25.0 Å². The molecule has 122 valence electrons. The van der Waals surface area contributed by atoms with Crippen LogP contribution < -0.4 is 20.7 Å². The number of carbonyl (C=O) groups is 1. The first kappa shape index (κ1) is 16.5. The van der Waals surface area contributed by atoms with Crippen LogP contribution in [0.4, 0.5) is 20.7 Å². The van der Waals surface area contributed by atoms with Crippen molar-refractivity contribution in [2.24, 2.45) is 0 Å². The number of anilines is 2. The zero-order valence-corrected chi connectivity index (χ0v) is 13.2. The Balaban J connectivity index is 2.03. The number of halogens is 1. The summed E-state index contributed by atoms with van der Waals surface area (Å²) >= 11 is 0. The molecule has 1 atom stereocenters. The first-order valence-electron chi connectivity index (χ1n) is 7.08. The summed E-state index contributed by atoms with van der Waals surface area (Å²) in [5.41, 5.74) is 1.12. The van der Waals surface area contributed by atoms with E-state index in [9.17, 15) is 9.18 Å². The Labute approximate surface area is 134 Å². The zero-order valence-electron chi connectivity index (χ0n) is 13.2. The fraction of sp³-hybridized carbons (Fsp3) is 0.250. The minimum Gasteiger partial charge on any atom is -0.496 e. The summed E-state index contributed by atoms with van der Waals surface area (Å²) in [5, 5.41) is 8.30. The summed E-state index contributed by atoms with van der Waals surface area (Å²) in [5.74, 6) is 0.828. The molecule has 0 aliphatic rings. The third-order valence-electron chi connectivity index (χ3n) is 3.28. The van der Waals surface area contributed by atoms with Gasteiger partial charge >= 0.3 is 6.03 Å². The van der Waals surface area contributed by atoms with Crippen LogP contribution in [0.5, 0.6) is 5.75 Å². The van der Waals surface area contributed by atoms with Crippen LogP contribution in [0.25, 0.3) is 0 Å². The molecule has 0 aliphatic heterocycles. The van der Waals surface area contributed by atoms with Gasteiger partial charge in [0.25, 0.3) is 0 Å². The molecule has 0 unspecified atom stereocenters. The molecule has 0 radical (unpaired) electrons. The van der Waals surface area contributed by atoms with Crippen molar-refractivity contribution < 1.29 is 13.9 Å². The number of methoxy groups -OCH3 is 1.